The molecule has 2 heterocycles. The van der Waals surface area contributed by atoms with Crippen molar-refractivity contribution in [1.29, 1.82) is 0 Å². The number of aromatic nitrogens is 1. The van der Waals surface area contributed by atoms with Crippen LogP contribution >= 0.6 is 0 Å². The Morgan fingerprint density at radius 3 is 2.37 bits per heavy atom. The molecule has 0 bridgehead atoms. The van der Waals surface area contributed by atoms with Gasteiger partial charge in [0.05, 0.1) is 11.9 Å². The minimum Gasteiger partial charge on any atom is -0.478 e. The van der Waals surface area contributed by atoms with Gasteiger partial charge < -0.3 is 20.2 Å². The molecule has 27 heavy (non-hydrogen) atoms. The highest BCUT2D eigenvalue weighted by Gasteiger charge is 2.24. The summed E-state index contributed by atoms with van der Waals surface area (Å²) in [6.45, 7) is 8.50. The number of amides is 1. The van der Waals surface area contributed by atoms with Gasteiger partial charge in [0, 0.05) is 38.8 Å². The zero-order valence-corrected chi connectivity index (χ0v) is 15.8. The summed E-state index contributed by atoms with van der Waals surface area (Å²) < 4.78 is 0. The van der Waals surface area contributed by atoms with Crippen LogP contribution < -0.4 is 15.1 Å². The van der Waals surface area contributed by atoms with Gasteiger partial charge in [-0.25, -0.2) is 9.78 Å². The average Bonchev–Trinajstić information content (AvgIpc) is 2.63. The maximum Gasteiger partial charge on any atom is 0.339 e. The van der Waals surface area contributed by atoms with Crippen molar-refractivity contribution in [1.82, 2.24) is 4.98 Å². The fraction of sp³-hybridized carbons (Fsp3) is 0.350. The summed E-state index contributed by atoms with van der Waals surface area (Å²) in [6, 6.07) is 7.88. The Kier molecular flexibility index (Phi) is 5.30. The van der Waals surface area contributed by atoms with Crippen LogP contribution in [-0.4, -0.2) is 48.1 Å². The number of carbonyl (C=O) groups is 2. The molecular formula is C20H24N4O3. The molecule has 1 aliphatic heterocycles. The third-order valence-corrected chi connectivity index (χ3v) is 4.70. The van der Waals surface area contributed by atoms with Crippen molar-refractivity contribution in [2.45, 2.75) is 20.8 Å². The zero-order valence-electron chi connectivity index (χ0n) is 15.8. The molecule has 142 valence electrons. The Bertz CT molecular complexity index is 874. The van der Waals surface area contributed by atoms with E-state index in [9.17, 15) is 14.7 Å². The van der Waals surface area contributed by atoms with E-state index in [0.717, 1.165) is 13.1 Å². The van der Waals surface area contributed by atoms with Gasteiger partial charge in [0.2, 0.25) is 5.91 Å². The molecule has 0 atom stereocenters. The molecule has 7 nitrogen and oxygen atoms in total. The van der Waals surface area contributed by atoms with Gasteiger partial charge in [-0.1, -0.05) is 12.1 Å². The van der Waals surface area contributed by atoms with Gasteiger partial charge in [-0.05, 0) is 37.1 Å². The van der Waals surface area contributed by atoms with Crippen LogP contribution in [0.4, 0.5) is 17.2 Å². The number of rotatable bonds is 4. The Hall–Kier alpha value is -3.09. The van der Waals surface area contributed by atoms with Gasteiger partial charge in [-0.15, -0.1) is 0 Å². The second kappa shape index (κ2) is 7.65. The summed E-state index contributed by atoms with van der Waals surface area (Å²) in [6.07, 6.45) is 1.50. The third-order valence-electron chi connectivity index (χ3n) is 4.70. The zero-order chi connectivity index (χ0) is 19.6. The summed E-state index contributed by atoms with van der Waals surface area (Å²) in [5, 5.41) is 12.1. The van der Waals surface area contributed by atoms with Crippen molar-refractivity contribution < 1.29 is 14.7 Å². The topological polar surface area (TPSA) is 85.8 Å². The monoisotopic (exact) mass is 368 g/mol. The molecule has 0 unspecified atom stereocenters. The molecule has 1 aliphatic rings. The Balaban J connectivity index is 1.78. The molecule has 0 saturated carbocycles. The van der Waals surface area contributed by atoms with Crippen molar-refractivity contribution in [3.8, 4) is 0 Å². The van der Waals surface area contributed by atoms with Crippen LogP contribution in [0, 0.1) is 13.8 Å². The van der Waals surface area contributed by atoms with Crippen LogP contribution in [0.2, 0.25) is 0 Å². The molecule has 0 radical (unpaired) electrons. The number of hydrogen-bond donors (Lipinski definition) is 2. The second-order valence-corrected chi connectivity index (χ2v) is 6.85. The molecule has 2 aromatic rings. The summed E-state index contributed by atoms with van der Waals surface area (Å²) in [5.74, 6) is -0.873. The summed E-state index contributed by atoms with van der Waals surface area (Å²) in [4.78, 5) is 31.5. The summed E-state index contributed by atoms with van der Waals surface area (Å²) >= 11 is 0. The van der Waals surface area contributed by atoms with Crippen LogP contribution in [0.5, 0.6) is 0 Å². The largest absolute Gasteiger partial charge is 0.478 e. The number of carboxylic acids is 1. The SMILES string of the molecule is CC(=O)Nc1cnc(N2CCN(c3cc(C)ccc3C)CC2)c(C(=O)O)c1. The van der Waals surface area contributed by atoms with E-state index < -0.39 is 5.97 Å². The van der Waals surface area contributed by atoms with Gasteiger partial charge in [0.1, 0.15) is 11.4 Å². The molecule has 0 aliphatic carbocycles. The molecule has 1 fully saturated rings. The van der Waals surface area contributed by atoms with Gasteiger partial charge >= 0.3 is 5.97 Å². The van der Waals surface area contributed by atoms with Crippen molar-refractivity contribution in [2.24, 2.45) is 0 Å². The summed E-state index contributed by atoms with van der Waals surface area (Å²) in [5.41, 5.74) is 4.17. The maximum absolute atomic E-state index is 11.7. The predicted molar refractivity (Wildman–Crippen MR) is 106 cm³/mol. The number of nitrogens with zero attached hydrogens (tertiary/aromatic N) is 3. The molecular weight excluding hydrogens is 344 g/mol. The number of aryl methyl sites for hydroxylation is 2. The Labute approximate surface area is 158 Å². The van der Waals surface area contributed by atoms with E-state index in [4.69, 9.17) is 0 Å². The highest BCUT2D eigenvalue weighted by molar-refractivity contribution is 5.96. The van der Waals surface area contributed by atoms with Gasteiger partial charge in [0.25, 0.3) is 0 Å². The lowest BCUT2D eigenvalue weighted by Crippen LogP contribution is -2.47. The number of carboxylic acid groups (broad SMARTS) is 1. The van der Waals surface area contributed by atoms with E-state index >= 15 is 0 Å². The van der Waals surface area contributed by atoms with Crippen molar-refractivity contribution >= 4 is 29.1 Å². The molecule has 1 aromatic heterocycles. The lowest BCUT2D eigenvalue weighted by molar-refractivity contribution is -0.114. The van der Waals surface area contributed by atoms with Gasteiger partial charge in [0.15, 0.2) is 0 Å². The standard InChI is InChI=1S/C20H24N4O3/c1-13-4-5-14(2)18(10-13)23-6-8-24(9-7-23)19-17(20(26)27)11-16(12-21-19)22-15(3)25/h4-5,10-12H,6-9H2,1-3H3,(H,22,25)(H,26,27). The van der Waals surface area contributed by atoms with Crippen LogP contribution in [0.15, 0.2) is 30.5 Å². The first-order valence-electron chi connectivity index (χ1n) is 8.93. The van der Waals surface area contributed by atoms with Gasteiger partial charge in [-0.2, -0.15) is 0 Å². The first-order valence-corrected chi connectivity index (χ1v) is 8.93. The quantitative estimate of drug-likeness (QED) is 0.863. The predicted octanol–water partition coefficient (Wildman–Crippen LogP) is 2.68. The number of carbonyl (C=O) groups excluding carboxylic acids is 1. The fourth-order valence-corrected chi connectivity index (χ4v) is 3.36. The first-order chi connectivity index (χ1) is 12.8. The average molecular weight is 368 g/mol. The molecule has 1 saturated heterocycles. The minimum absolute atomic E-state index is 0.0986. The van der Waals surface area contributed by atoms with E-state index in [-0.39, 0.29) is 11.5 Å². The number of pyridine rings is 1. The van der Waals surface area contributed by atoms with E-state index in [2.05, 4.69) is 47.2 Å². The smallest absolute Gasteiger partial charge is 0.339 e. The lowest BCUT2D eigenvalue weighted by atomic mass is 10.1. The number of hydrogen-bond acceptors (Lipinski definition) is 5. The van der Waals surface area contributed by atoms with Crippen molar-refractivity contribution in [3.05, 3.63) is 47.2 Å². The molecule has 2 N–H and O–H groups in total. The molecule has 1 aromatic carbocycles. The molecule has 7 heteroatoms. The number of aromatic carboxylic acids is 1. The van der Waals surface area contributed by atoms with Crippen LogP contribution in [0.25, 0.3) is 0 Å². The molecule has 0 spiro atoms. The van der Waals surface area contributed by atoms with Crippen molar-refractivity contribution in [3.63, 3.8) is 0 Å². The van der Waals surface area contributed by atoms with E-state index in [0.29, 0.717) is 24.6 Å². The van der Waals surface area contributed by atoms with E-state index in [1.54, 1.807) is 0 Å². The number of nitrogens with one attached hydrogen (secondary N) is 1. The minimum atomic E-state index is -1.05. The van der Waals surface area contributed by atoms with Crippen LogP contribution in [-0.2, 0) is 4.79 Å². The normalized spacial score (nSPS) is 14.2. The van der Waals surface area contributed by atoms with Crippen LogP contribution in [0.3, 0.4) is 0 Å². The van der Waals surface area contributed by atoms with E-state index in [1.165, 1.54) is 36.0 Å². The lowest BCUT2D eigenvalue weighted by Gasteiger charge is -2.38. The van der Waals surface area contributed by atoms with E-state index in [1.807, 2.05) is 4.90 Å². The Morgan fingerprint density at radius 1 is 1.07 bits per heavy atom. The number of anilines is 3. The number of benzene rings is 1. The fourth-order valence-electron chi connectivity index (χ4n) is 3.36. The first kappa shape index (κ1) is 18.7. The Morgan fingerprint density at radius 2 is 1.74 bits per heavy atom. The highest BCUT2D eigenvalue weighted by atomic mass is 16.4. The van der Waals surface area contributed by atoms with Crippen molar-refractivity contribution in [2.75, 3.05) is 41.3 Å². The molecule has 3 rings (SSSR count). The highest BCUT2D eigenvalue weighted by Crippen LogP contribution is 2.26. The van der Waals surface area contributed by atoms with Gasteiger partial charge in [-0.3, -0.25) is 4.79 Å². The summed E-state index contributed by atoms with van der Waals surface area (Å²) in [7, 11) is 0. The van der Waals surface area contributed by atoms with Crippen LogP contribution in [0.1, 0.15) is 28.4 Å². The number of piperazine rings is 1. The third kappa shape index (κ3) is 4.19. The maximum atomic E-state index is 11.7. The second-order valence-electron chi connectivity index (χ2n) is 6.85. The molecule has 1 amide bonds.